The highest BCUT2D eigenvalue weighted by atomic mass is 32.7. The fourth-order valence-corrected chi connectivity index (χ4v) is 2.10. The Morgan fingerprint density at radius 3 is 1.21 bits per heavy atom. The maximum atomic E-state index is 9.94. The van der Waals surface area contributed by atoms with Gasteiger partial charge in [0.1, 0.15) is 0 Å². The molecule has 0 saturated carbocycles. The van der Waals surface area contributed by atoms with Crippen LogP contribution in [0.1, 0.15) is 0 Å². The summed E-state index contributed by atoms with van der Waals surface area (Å²) < 4.78 is 32.0. The number of nitrogens with two attached hydrogens (primary N) is 1. The van der Waals surface area contributed by atoms with Gasteiger partial charge in [-0.25, -0.2) is 19.2 Å². The Kier molecular flexibility index (Phi) is 7.03. The summed E-state index contributed by atoms with van der Waals surface area (Å²) in [5.74, 6) is 0. The number of thiol groups is 1. The van der Waals surface area contributed by atoms with Crippen molar-refractivity contribution in [2.24, 2.45) is 5.50 Å². The van der Waals surface area contributed by atoms with Crippen molar-refractivity contribution in [3.05, 3.63) is 0 Å². The van der Waals surface area contributed by atoms with E-state index in [0.29, 0.717) is 0 Å². The summed E-state index contributed by atoms with van der Waals surface area (Å²) in [6, 6.07) is 0. The van der Waals surface area contributed by atoms with Crippen molar-refractivity contribution in [1.29, 1.82) is 0 Å². The van der Waals surface area contributed by atoms with Crippen LogP contribution in [0.3, 0.4) is 0 Å². The van der Waals surface area contributed by atoms with Crippen LogP contribution in [0.2, 0.25) is 0 Å². The zero-order valence-corrected chi connectivity index (χ0v) is 9.81. The van der Waals surface area contributed by atoms with Gasteiger partial charge < -0.3 is 24.5 Å². The van der Waals surface area contributed by atoms with E-state index in [-0.39, 0.29) is 0 Å². The largest absolute Gasteiger partial charge is 0.477 e. The molecule has 0 amide bonds. The monoisotopic (exact) mass is 291 g/mol. The van der Waals surface area contributed by atoms with Crippen LogP contribution in [0.4, 0.5) is 0 Å². The van der Waals surface area contributed by atoms with Crippen LogP contribution in [0, 0.1) is 0 Å². The van der Waals surface area contributed by atoms with E-state index < -0.39 is 22.4 Å². The quantitative estimate of drug-likeness (QED) is 0.249. The molecule has 0 fully saturated rings. The lowest BCUT2D eigenvalue weighted by atomic mass is 13.9. The molecule has 0 aromatic heterocycles. The topological polar surface area (TPSA) is 188 Å². The molecule has 0 aliphatic carbocycles. The minimum atomic E-state index is -4.88. The van der Waals surface area contributed by atoms with Crippen molar-refractivity contribution >= 4 is 34.6 Å². The van der Waals surface area contributed by atoms with Crippen LogP contribution in [-0.2, 0) is 18.0 Å². The molecule has 0 heterocycles. The third kappa shape index (κ3) is 38.6. The van der Waals surface area contributed by atoms with Crippen LogP contribution in [0.25, 0.3) is 0 Å². The second-order valence-electron chi connectivity index (χ2n) is 1.65. The van der Waals surface area contributed by atoms with Crippen LogP contribution in [0.15, 0.2) is 0 Å². The minimum Gasteiger partial charge on any atom is -0.316 e. The summed E-state index contributed by atoms with van der Waals surface area (Å²) in [6.07, 6.45) is 0. The molecule has 88 valence electrons. The summed E-state index contributed by atoms with van der Waals surface area (Å²) in [5, 5.41) is 0. The number of hydrogen-bond acceptors (Lipinski definition) is 4. The molecule has 0 aromatic rings. The first kappa shape index (κ1) is 17.2. The highest BCUT2D eigenvalue weighted by Crippen LogP contribution is 2.59. The average molecular weight is 291 g/mol. The average Bonchev–Trinajstić information content (AvgIpc) is 1.42. The van der Waals surface area contributed by atoms with Gasteiger partial charge in [-0.1, -0.05) is 12.2 Å². The highest BCUT2D eigenvalue weighted by Gasteiger charge is 2.26. The fourth-order valence-electron chi connectivity index (χ4n) is 0.139. The summed E-state index contributed by atoms with van der Waals surface area (Å²) in [4.78, 5) is 38.6. The first-order valence-electron chi connectivity index (χ1n) is 2.37. The van der Waals surface area contributed by atoms with Crippen molar-refractivity contribution in [2.45, 2.75) is 0 Å². The standard InChI is InChI=1S/H4NO3P.H4O6P2S/c1-5(2,3)4;1-7(2,3)6-8(4,5)9/h(H4,1,2,3,4);(H2,1,2,3)(H2,4,5,9). The molecular formula is H8NO9P3S. The molecule has 0 bridgehead atoms. The second-order valence-corrected chi connectivity index (χ2v) is 6.96. The Hall–Kier alpha value is 0.760. The normalized spacial score (nSPS) is 16.5. The molecule has 1 unspecified atom stereocenters. The van der Waals surface area contributed by atoms with Gasteiger partial charge in [0.15, 0.2) is 0 Å². The van der Waals surface area contributed by atoms with Gasteiger partial charge in [0.2, 0.25) is 0 Å². The molecule has 0 aliphatic heterocycles. The van der Waals surface area contributed by atoms with Crippen molar-refractivity contribution in [3.63, 3.8) is 0 Å². The Labute approximate surface area is 83.2 Å². The van der Waals surface area contributed by atoms with E-state index >= 15 is 0 Å². The molecule has 7 N–H and O–H groups in total. The predicted molar refractivity (Wildman–Crippen MR) is 48.2 cm³/mol. The number of phosphoric acid groups is 1. The van der Waals surface area contributed by atoms with Crippen molar-refractivity contribution in [3.8, 4) is 0 Å². The Balaban J connectivity index is 0. The maximum absolute atomic E-state index is 9.94. The summed E-state index contributed by atoms with van der Waals surface area (Å²) in [6.45, 7) is -4.36. The third-order valence-corrected chi connectivity index (χ3v) is 2.57. The van der Waals surface area contributed by atoms with E-state index in [1.807, 2.05) is 0 Å². The molecule has 0 aliphatic rings. The van der Waals surface area contributed by atoms with Gasteiger partial charge in [-0.3, -0.25) is 0 Å². The van der Waals surface area contributed by atoms with Gasteiger partial charge in [-0.15, -0.1) is 0 Å². The molecule has 1 atom stereocenters. The molecule has 0 spiro atoms. The summed E-state index contributed by atoms with van der Waals surface area (Å²) in [5.41, 5.74) is 4.02. The van der Waals surface area contributed by atoms with Crippen LogP contribution in [-0.4, -0.2) is 24.5 Å². The van der Waals surface area contributed by atoms with Crippen molar-refractivity contribution in [2.75, 3.05) is 0 Å². The summed E-state index contributed by atoms with van der Waals surface area (Å²) >= 11 is 2.84. The Morgan fingerprint density at radius 1 is 1.00 bits per heavy atom. The van der Waals surface area contributed by atoms with Crippen molar-refractivity contribution < 1.29 is 42.5 Å². The first-order valence-corrected chi connectivity index (χ1v) is 8.31. The fraction of sp³-hybridized carbons (Fsp3) is 0. The van der Waals surface area contributed by atoms with E-state index in [1.165, 1.54) is 0 Å². The van der Waals surface area contributed by atoms with Gasteiger partial charge in [0, 0.05) is 0 Å². The first-order chi connectivity index (χ1) is 5.71. The molecule has 0 rings (SSSR count). The lowest BCUT2D eigenvalue weighted by Gasteiger charge is -2.04. The molecule has 0 saturated heterocycles. The van der Waals surface area contributed by atoms with E-state index in [2.05, 4.69) is 22.1 Å². The SMILES string of the molecule is NP(=O)(O)O.O=P(O)(O)OP(=O)(O)S. The van der Waals surface area contributed by atoms with E-state index in [9.17, 15) is 9.13 Å². The van der Waals surface area contributed by atoms with E-state index in [0.717, 1.165) is 0 Å². The highest BCUT2D eigenvalue weighted by molar-refractivity contribution is 8.44. The molecule has 10 nitrogen and oxygen atoms in total. The molecule has 0 radical (unpaired) electrons. The molecular weight excluding hydrogens is 283 g/mol. The minimum absolute atomic E-state index is 2.84. The smallest absolute Gasteiger partial charge is 0.316 e. The number of rotatable bonds is 2. The lowest BCUT2D eigenvalue weighted by Crippen LogP contribution is -1.87. The van der Waals surface area contributed by atoms with Gasteiger partial charge in [-0.05, 0) is 0 Å². The predicted octanol–water partition coefficient (Wildman–Crippen LogP) is -0.836. The summed E-state index contributed by atoms with van der Waals surface area (Å²) in [7, 11) is -9.02. The third-order valence-electron chi connectivity index (χ3n) is 0.213. The Morgan fingerprint density at radius 2 is 1.21 bits per heavy atom. The van der Waals surface area contributed by atoms with Gasteiger partial charge >= 0.3 is 22.4 Å². The zero-order valence-electron chi connectivity index (χ0n) is 6.24. The van der Waals surface area contributed by atoms with Crippen LogP contribution in [0.5, 0.6) is 0 Å². The zero-order chi connectivity index (χ0) is 12.2. The maximum Gasteiger partial charge on any atom is 0.477 e. The van der Waals surface area contributed by atoms with Gasteiger partial charge in [0.25, 0.3) is 0 Å². The van der Waals surface area contributed by atoms with Crippen LogP contribution < -0.4 is 5.50 Å². The van der Waals surface area contributed by atoms with Gasteiger partial charge in [0.05, 0.1) is 0 Å². The second kappa shape index (κ2) is 5.74. The Bertz CT molecular complexity index is 263. The van der Waals surface area contributed by atoms with Crippen LogP contribution >= 0.6 is 34.6 Å². The van der Waals surface area contributed by atoms with E-state index in [1.54, 1.807) is 0 Å². The molecule has 14 heavy (non-hydrogen) atoms. The number of hydrogen-bond donors (Lipinski definition) is 7. The van der Waals surface area contributed by atoms with E-state index in [4.69, 9.17) is 29.0 Å². The van der Waals surface area contributed by atoms with Crippen molar-refractivity contribution in [1.82, 2.24) is 0 Å². The van der Waals surface area contributed by atoms with Gasteiger partial charge in [-0.2, -0.15) is 4.31 Å². The molecule has 0 aromatic carbocycles. The molecule has 14 heteroatoms. The lowest BCUT2D eigenvalue weighted by molar-refractivity contribution is 0.271.